The third-order valence-corrected chi connectivity index (χ3v) is 6.62. The molecule has 2 heteroatoms. The molecule has 2 aromatic rings. The number of carbonyl (C=O) groups is 1. The average molecular weight is 397 g/mol. The molecule has 150 valence electrons. The molecule has 3 rings (SSSR count). The monoisotopic (exact) mass is 396 g/mol. The molecule has 2 aromatic carbocycles. The van der Waals surface area contributed by atoms with Gasteiger partial charge in [-0.15, -0.1) is 0 Å². The first-order valence-corrected chi connectivity index (χ1v) is 11.4. The molecule has 0 amide bonds. The lowest BCUT2D eigenvalue weighted by Crippen LogP contribution is -2.16. The lowest BCUT2D eigenvalue weighted by atomic mass is 9.77. The first-order chi connectivity index (χ1) is 13.7. The van der Waals surface area contributed by atoms with Crippen molar-refractivity contribution >= 4 is 16.8 Å². The molecule has 0 atom stereocenters. The van der Waals surface area contributed by atoms with Crippen molar-refractivity contribution in [1.29, 1.82) is 0 Å². The van der Waals surface area contributed by atoms with E-state index in [2.05, 4.69) is 31.2 Å². The molecule has 0 aromatic heterocycles. The van der Waals surface area contributed by atoms with Crippen molar-refractivity contribution in [2.24, 2.45) is 11.8 Å². The molecule has 0 unspecified atom stereocenters. The summed E-state index contributed by atoms with van der Waals surface area (Å²) < 4.78 is 0. The van der Waals surface area contributed by atoms with E-state index in [-0.39, 0.29) is 5.24 Å². The van der Waals surface area contributed by atoms with Crippen LogP contribution >= 0.6 is 11.6 Å². The maximum atomic E-state index is 11.6. The molecule has 1 fully saturated rings. The number of carbonyl (C=O) groups excluding carboxylic acids is 1. The van der Waals surface area contributed by atoms with E-state index < -0.39 is 0 Å². The minimum Gasteiger partial charge on any atom is -0.276 e. The number of halogens is 1. The Kier molecular flexibility index (Phi) is 8.15. The molecule has 0 aliphatic heterocycles. The average Bonchev–Trinajstić information content (AvgIpc) is 2.73. The van der Waals surface area contributed by atoms with Crippen molar-refractivity contribution < 1.29 is 4.79 Å². The highest BCUT2D eigenvalue weighted by Gasteiger charge is 2.21. The molecule has 1 nitrogen and oxygen atoms in total. The zero-order valence-corrected chi connectivity index (χ0v) is 17.9. The Balaban J connectivity index is 1.39. The second kappa shape index (κ2) is 10.8. The van der Waals surface area contributed by atoms with Gasteiger partial charge in [0.05, 0.1) is 0 Å². The molecule has 28 heavy (non-hydrogen) atoms. The first-order valence-electron chi connectivity index (χ1n) is 11.0. The van der Waals surface area contributed by atoms with Crippen LogP contribution in [0.15, 0.2) is 48.5 Å². The van der Waals surface area contributed by atoms with Crippen molar-refractivity contribution in [1.82, 2.24) is 0 Å². The van der Waals surface area contributed by atoms with Crippen LogP contribution in [0.25, 0.3) is 0 Å². The van der Waals surface area contributed by atoms with Crippen molar-refractivity contribution in [3.63, 3.8) is 0 Å². The Morgan fingerprint density at radius 3 is 1.93 bits per heavy atom. The summed E-state index contributed by atoms with van der Waals surface area (Å²) in [5, 5.41) is -0.331. The fraction of sp³-hybridized carbons (Fsp3) is 0.500. The largest absolute Gasteiger partial charge is 0.276 e. The highest BCUT2D eigenvalue weighted by atomic mass is 35.5. The highest BCUT2D eigenvalue weighted by Crippen LogP contribution is 2.34. The van der Waals surface area contributed by atoms with E-state index in [0.717, 1.165) is 23.8 Å². The minimum absolute atomic E-state index is 0.331. The van der Waals surface area contributed by atoms with Gasteiger partial charge in [-0.3, -0.25) is 4.79 Å². The van der Waals surface area contributed by atoms with Gasteiger partial charge in [0.25, 0.3) is 5.24 Å². The van der Waals surface area contributed by atoms with Gasteiger partial charge >= 0.3 is 0 Å². The number of hydrogen-bond donors (Lipinski definition) is 0. The van der Waals surface area contributed by atoms with Crippen LogP contribution in [0.1, 0.15) is 78.9 Å². The van der Waals surface area contributed by atoms with Crippen molar-refractivity contribution in [2.45, 2.75) is 71.1 Å². The van der Waals surface area contributed by atoms with Crippen LogP contribution in [-0.2, 0) is 19.3 Å². The Morgan fingerprint density at radius 2 is 1.36 bits per heavy atom. The van der Waals surface area contributed by atoms with Gasteiger partial charge in [0, 0.05) is 5.56 Å². The minimum atomic E-state index is -0.331. The molecular formula is C26H33ClO. The van der Waals surface area contributed by atoms with Gasteiger partial charge in [0.15, 0.2) is 0 Å². The van der Waals surface area contributed by atoms with Gasteiger partial charge in [0.1, 0.15) is 0 Å². The standard InChI is InChI=1S/C26H33ClO/c1-2-5-20-8-10-21(11-9-20)12-13-22-14-16-23(17-15-22)18-19-24-6-3-4-7-25(24)26(27)28/h3-4,6-11,22-23H,2,5,12-19H2,1H3/t22-,23-. The molecule has 0 saturated heterocycles. The normalized spacial score (nSPS) is 19.5. The zero-order chi connectivity index (χ0) is 19.8. The van der Waals surface area contributed by atoms with Gasteiger partial charge in [-0.2, -0.15) is 0 Å². The van der Waals surface area contributed by atoms with Crippen LogP contribution in [0.5, 0.6) is 0 Å². The topological polar surface area (TPSA) is 17.1 Å². The third-order valence-electron chi connectivity index (χ3n) is 6.42. The number of hydrogen-bond acceptors (Lipinski definition) is 1. The van der Waals surface area contributed by atoms with Crippen molar-refractivity contribution in [3.8, 4) is 0 Å². The quantitative estimate of drug-likeness (QED) is 0.404. The third kappa shape index (κ3) is 6.21. The van der Waals surface area contributed by atoms with E-state index in [1.165, 1.54) is 68.9 Å². The molecular weight excluding hydrogens is 364 g/mol. The van der Waals surface area contributed by atoms with Gasteiger partial charge in [0.2, 0.25) is 0 Å². The van der Waals surface area contributed by atoms with Gasteiger partial charge in [-0.1, -0.05) is 81.5 Å². The van der Waals surface area contributed by atoms with E-state index in [9.17, 15) is 4.79 Å². The molecule has 0 N–H and O–H groups in total. The smallest absolute Gasteiger partial charge is 0.252 e. The number of aryl methyl sites for hydroxylation is 3. The molecule has 0 bridgehead atoms. The van der Waals surface area contributed by atoms with Crippen LogP contribution in [0, 0.1) is 11.8 Å². The second-order valence-electron chi connectivity index (χ2n) is 8.46. The Bertz CT molecular complexity index is 741. The van der Waals surface area contributed by atoms with Crippen molar-refractivity contribution in [3.05, 3.63) is 70.8 Å². The maximum Gasteiger partial charge on any atom is 0.252 e. The predicted molar refractivity (Wildman–Crippen MR) is 119 cm³/mol. The van der Waals surface area contributed by atoms with E-state index >= 15 is 0 Å². The summed E-state index contributed by atoms with van der Waals surface area (Å²) in [6, 6.07) is 17.0. The lowest BCUT2D eigenvalue weighted by Gasteiger charge is -2.28. The van der Waals surface area contributed by atoms with Crippen LogP contribution in [0.4, 0.5) is 0 Å². The van der Waals surface area contributed by atoms with E-state index in [1.807, 2.05) is 24.3 Å². The summed E-state index contributed by atoms with van der Waals surface area (Å²) in [4.78, 5) is 11.6. The zero-order valence-electron chi connectivity index (χ0n) is 17.1. The van der Waals surface area contributed by atoms with Crippen LogP contribution in [-0.4, -0.2) is 5.24 Å². The van der Waals surface area contributed by atoms with Gasteiger partial charge in [-0.25, -0.2) is 0 Å². The summed E-state index contributed by atoms with van der Waals surface area (Å²) in [5.41, 5.74) is 4.74. The highest BCUT2D eigenvalue weighted by molar-refractivity contribution is 6.67. The number of benzene rings is 2. The summed E-state index contributed by atoms with van der Waals surface area (Å²) in [5.74, 6) is 1.67. The summed E-state index contributed by atoms with van der Waals surface area (Å²) in [6.07, 6.45) is 12.5. The van der Waals surface area contributed by atoms with E-state index in [0.29, 0.717) is 5.56 Å². The van der Waals surface area contributed by atoms with Crippen LogP contribution < -0.4 is 0 Å². The van der Waals surface area contributed by atoms with Crippen LogP contribution in [0.2, 0.25) is 0 Å². The SMILES string of the molecule is CCCc1ccc(CC[C@H]2CC[C@H](CCc3ccccc3C(=O)Cl)CC2)cc1. The van der Waals surface area contributed by atoms with Gasteiger partial charge in [-0.05, 0) is 78.3 Å². The fourth-order valence-corrected chi connectivity index (χ4v) is 4.81. The van der Waals surface area contributed by atoms with Gasteiger partial charge < -0.3 is 0 Å². The first kappa shape index (κ1) is 21.1. The van der Waals surface area contributed by atoms with Crippen molar-refractivity contribution in [2.75, 3.05) is 0 Å². The summed E-state index contributed by atoms with van der Waals surface area (Å²) in [6.45, 7) is 2.24. The summed E-state index contributed by atoms with van der Waals surface area (Å²) in [7, 11) is 0. The molecule has 0 spiro atoms. The molecule has 1 saturated carbocycles. The van der Waals surface area contributed by atoms with E-state index in [4.69, 9.17) is 11.6 Å². The van der Waals surface area contributed by atoms with E-state index in [1.54, 1.807) is 0 Å². The molecule has 0 radical (unpaired) electrons. The number of rotatable bonds is 9. The summed E-state index contributed by atoms with van der Waals surface area (Å²) >= 11 is 5.72. The maximum absolute atomic E-state index is 11.6. The lowest BCUT2D eigenvalue weighted by molar-refractivity contribution is 0.108. The molecule has 1 aliphatic carbocycles. The Labute approximate surface area is 175 Å². The Morgan fingerprint density at radius 1 is 0.821 bits per heavy atom. The molecule has 0 heterocycles. The fourth-order valence-electron chi connectivity index (χ4n) is 4.63. The van der Waals surface area contributed by atoms with Crippen LogP contribution in [0.3, 0.4) is 0 Å². The second-order valence-corrected chi connectivity index (χ2v) is 8.80. The predicted octanol–water partition coefficient (Wildman–Crippen LogP) is 7.39. The molecule has 1 aliphatic rings. The Hall–Kier alpha value is -1.60.